The van der Waals surface area contributed by atoms with Crippen molar-refractivity contribution in [3.05, 3.63) is 34.3 Å². The number of benzene rings is 1. The van der Waals surface area contributed by atoms with Gasteiger partial charge in [0.25, 0.3) is 0 Å². The lowest BCUT2D eigenvalue weighted by molar-refractivity contribution is 0.0545. The molecule has 0 aliphatic heterocycles. The van der Waals surface area contributed by atoms with Crippen LogP contribution in [-0.4, -0.2) is 25.6 Å². The highest BCUT2D eigenvalue weighted by molar-refractivity contribution is 6.31. The molecule has 0 spiro atoms. The molecule has 0 aromatic heterocycles. The number of rotatable bonds is 6. The summed E-state index contributed by atoms with van der Waals surface area (Å²) in [7, 11) is 1.87. The van der Waals surface area contributed by atoms with Gasteiger partial charge in [0.15, 0.2) is 0 Å². The summed E-state index contributed by atoms with van der Waals surface area (Å²) in [6, 6.07) is 4.97. The van der Waals surface area contributed by atoms with Crippen LogP contribution >= 0.6 is 11.6 Å². The Morgan fingerprint density at radius 3 is 2.82 bits per heavy atom. The fraction of sp³-hybridized carbons (Fsp3) is 0.417. The lowest BCUT2D eigenvalue weighted by Gasteiger charge is -2.13. The zero-order valence-electron chi connectivity index (χ0n) is 10.00. The third-order valence-electron chi connectivity index (χ3n) is 2.35. The first-order valence-corrected chi connectivity index (χ1v) is 5.76. The minimum Gasteiger partial charge on any atom is -0.372 e. The normalized spacial score (nSPS) is 12.4. The maximum Gasteiger partial charge on any atom is 0.248 e. The molecule has 1 rings (SSSR count). The number of nitrogens with one attached hydrogen (secondary N) is 1. The quantitative estimate of drug-likeness (QED) is 0.812. The highest BCUT2D eigenvalue weighted by atomic mass is 35.5. The van der Waals surface area contributed by atoms with E-state index in [0.29, 0.717) is 17.2 Å². The number of ether oxygens (including phenoxy) is 1. The minimum atomic E-state index is -0.483. The first-order chi connectivity index (χ1) is 8.04. The van der Waals surface area contributed by atoms with Crippen molar-refractivity contribution in [1.29, 1.82) is 0 Å². The van der Waals surface area contributed by atoms with Gasteiger partial charge in [0.1, 0.15) is 0 Å². The van der Waals surface area contributed by atoms with Crippen LogP contribution in [0.15, 0.2) is 18.2 Å². The van der Waals surface area contributed by atoms with Gasteiger partial charge in [-0.25, -0.2) is 0 Å². The topological polar surface area (TPSA) is 64.3 Å². The van der Waals surface area contributed by atoms with E-state index in [0.717, 1.165) is 12.1 Å². The van der Waals surface area contributed by atoms with E-state index in [9.17, 15) is 4.79 Å². The highest BCUT2D eigenvalue weighted by Gasteiger charge is 2.07. The monoisotopic (exact) mass is 256 g/mol. The van der Waals surface area contributed by atoms with Crippen molar-refractivity contribution >= 4 is 17.5 Å². The molecule has 0 saturated carbocycles. The molecule has 0 bridgehead atoms. The maximum atomic E-state index is 10.9. The number of likely N-dealkylation sites (N-methyl/N-ethyl adjacent to an activating group) is 1. The van der Waals surface area contributed by atoms with Gasteiger partial charge < -0.3 is 15.8 Å². The van der Waals surface area contributed by atoms with Gasteiger partial charge in [0.2, 0.25) is 5.91 Å². The van der Waals surface area contributed by atoms with Crippen molar-refractivity contribution < 1.29 is 9.53 Å². The van der Waals surface area contributed by atoms with Crippen LogP contribution in [0, 0.1) is 0 Å². The van der Waals surface area contributed by atoms with Crippen LogP contribution < -0.4 is 11.1 Å². The average molecular weight is 257 g/mol. The first kappa shape index (κ1) is 14.0. The van der Waals surface area contributed by atoms with E-state index in [1.54, 1.807) is 18.2 Å². The molecule has 17 heavy (non-hydrogen) atoms. The van der Waals surface area contributed by atoms with Crippen LogP contribution in [0.4, 0.5) is 0 Å². The van der Waals surface area contributed by atoms with Crippen LogP contribution in [0.3, 0.4) is 0 Å². The summed E-state index contributed by atoms with van der Waals surface area (Å²) in [5.74, 6) is -0.483. The summed E-state index contributed by atoms with van der Waals surface area (Å²) < 4.78 is 5.59. The molecule has 1 amide bonds. The fourth-order valence-corrected chi connectivity index (χ4v) is 1.63. The van der Waals surface area contributed by atoms with Crippen molar-refractivity contribution in [2.75, 3.05) is 13.6 Å². The molecule has 0 heterocycles. The molecule has 1 aromatic rings. The Kier molecular flexibility index (Phi) is 5.41. The summed E-state index contributed by atoms with van der Waals surface area (Å²) in [5.41, 5.74) is 6.41. The zero-order chi connectivity index (χ0) is 12.8. The van der Waals surface area contributed by atoms with Crippen LogP contribution in [0.25, 0.3) is 0 Å². The number of primary amides is 1. The number of carbonyl (C=O) groups is 1. The molecular weight excluding hydrogens is 240 g/mol. The van der Waals surface area contributed by atoms with Crippen molar-refractivity contribution in [2.24, 2.45) is 5.73 Å². The van der Waals surface area contributed by atoms with Crippen LogP contribution in [0.2, 0.25) is 5.02 Å². The molecule has 1 aromatic carbocycles. The van der Waals surface area contributed by atoms with Gasteiger partial charge in [-0.1, -0.05) is 17.7 Å². The third kappa shape index (κ3) is 4.34. The van der Waals surface area contributed by atoms with Crippen molar-refractivity contribution in [1.82, 2.24) is 5.32 Å². The van der Waals surface area contributed by atoms with E-state index >= 15 is 0 Å². The largest absolute Gasteiger partial charge is 0.372 e. The fourth-order valence-electron chi connectivity index (χ4n) is 1.40. The standard InChI is InChI=1S/C12H17ClN2O2/c1-8(6-15-2)17-7-10-4-3-9(12(14)16)5-11(10)13/h3-5,8,15H,6-7H2,1-2H3,(H2,14,16). The molecule has 0 fully saturated rings. The summed E-state index contributed by atoms with van der Waals surface area (Å²) in [6.07, 6.45) is 0.104. The summed E-state index contributed by atoms with van der Waals surface area (Å²) >= 11 is 6.03. The lowest BCUT2D eigenvalue weighted by atomic mass is 10.1. The van der Waals surface area contributed by atoms with Gasteiger partial charge in [0, 0.05) is 17.1 Å². The van der Waals surface area contributed by atoms with Crippen LogP contribution in [0.5, 0.6) is 0 Å². The van der Waals surface area contributed by atoms with Gasteiger partial charge in [-0.15, -0.1) is 0 Å². The predicted molar refractivity (Wildman–Crippen MR) is 68.1 cm³/mol. The predicted octanol–water partition coefficient (Wildman–Crippen LogP) is 1.56. The Labute approximate surface area is 106 Å². The molecule has 0 saturated heterocycles. The molecule has 94 valence electrons. The number of hydrogen-bond donors (Lipinski definition) is 2. The second-order valence-electron chi connectivity index (χ2n) is 3.85. The Morgan fingerprint density at radius 1 is 1.59 bits per heavy atom. The summed E-state index contributed by atoms with van der Waals surface area (Å²) in [4.78, 5) is 10.9. The van der Waals surface area contributed by atoms with Gasteiger partial charge >= 0.3 is 0 Å². The zero-order valence-corrected chi connectivity index (χ0v) is 10.8. The second-order valence-corrected chi connectivity index (χ2v) is 4.26. The Balaban J connectivity index is 2.63. The summed E-state index contributed by atoms with van der Waals surface area (Å²) in [5, 5.41) is 3.52. The number of hydrogen-bond acceptors (Lipinski definition) is 3. The molecular formula is C12H17ClN2O2. The van der Waals surface area contributed by atoms with Gasteiger partial charge in [-0.05, 0) is 31.7 Å². The number of halogens is 1. The van der Waals surface area contributed by atoms with Gasteiger partial charge in [0.05, 0.1) is 12.7 Å². The van der Waals surface area contributed by atoms with E-state index in [1.165, 1.54) is 0 Å². The number of nitrogens with two attached hydrogens (primary N) is 1. The van der Waals surface area contributed by atoms with Gasteiger partial charge in [-0.2, -0.15) is 0 Å². The van der Waals surface area contributed by atoms with Crippen molar-refractivity contribution in [2.45, 2.75) is 19.6 Å². The van der Waals surface area contributed by atoms with E-state index in [2.05, 4.69) is 5.32 Å². The smallest absolute Gasteiger partial charge is 0.248 e. The Bertz CT molecular complexity index is 396. The Hall–Kier alpha value is -1.10. The lowest BCUT2D eigenvalue weighted by Crippen LogP contribution is -2.23. The number of amides is 1. The van der Waals surface area contributed by atoms with Crippen molar-refractivity contribution in [3.63, 3.8) is 0 Å². The molecule has 1 atom stereocenters. The van der Waals surface area contributed by atoms with Crippen molar-refractivity contribution in [3.8, 4) is 0 Å². The number of carbonyl (C=O) groups excluding carboxylic acids is 1. The minimum absolute atomic E-state index is 0.104. The van der Waals surface area contributed by atoms with E-state index in [4.69, 9.17) is 22.1 Å². The highest BCUT2D eigenvalue weighted by Crippen LogP contribution is 2.19. The van der Waals surface area contributed by atoms with Crippen LogP contribution in [0.1, 0.15) is 22.8 Å². The SMILES string of the molecule is CNCC(C)OCc1ccc(C(N)=O)cc1Cl. The second kappa shape index (κ2) is 6.59. The van der Waals surface area contributed by atoms with E-state index in [1.807, 2.05) is 14.0 Å². The van der Waals surface area contributed by atoms with E-state index in [-0.39, 0.29) is 6.10 Å². The molecule has 0 aliphatic rings. The molecule has 3 N–H and O–H groups in total. The van der Waals surface area contributed by atoms with Gasteiger partial charge in [-0.3, -0.25) is 4.79 Å². The molecule has 0 aliphatic carbocycles. The summed E-state index contributed by atoms with van der Waals surface area (Å²) in [6.45, 7) is 3.17. The third-order valence-corrected chi connectivity index (χ3v) is 2.70. The van der Waals surface area contributed by atoms with Crippen LogP contribution in [-0.2, 0) is 11.3 Å². The van der Waals surface area contributed by atoms with E-state index < -0.39 is 5.91 Å². The Morgan fingerprint density at radius 2 is 2.29 bits per heavy atom. The molecule has 1 unspecified atom stereocenters. The molecule has 5 heteroatoms. The molecule has 0 radical (unpaired) electrons. The molecule has 4 nitrogen and oxygen atoms in total. The first-order valence-electron chi connectivity index (χ1n) is 5.39. The average Bonchev–Trinajstić information content (AvgIpc) is 2.27. The maximum absolute atomic E-state index is 10.9.